The van der Waals surface area contributed by atoms with E-state index in [2.05, 4.69) is 56.4 Å². The fourth-order valence-electron chi connectivity index (χ4n) is 3.97. The highest BCUT2D eigenvalue weighted by Gasteiger charge is 2.15. The van der Waals surface area contributed by atoms with E-state index in [0.717, 1.165) is 35.0 Å². The van der Waals surface area contributed by atoms with Crippen LogP contribution in [0.5, 0.6) is 0 Å². The molecule has 0 aliphatic rings. The topological polar surface area (TPSA) is 42.2 Å². The van der Waals surface area contributed by atoms with Crippen LogP contribution >= 0.6 is 0 Å². The Bertz CT molecular complexity index is 883. The van der Waals surface area contributed by atoms with Crippen LogP contribution in [-0.4, -0.2) is 21.1 Å². The number of fused-ring (bicyclic) bond motifs is 1. The number of benzene rings is 1. The first kappa shape index (κ1) is 21.4. The molecule has 156 valence electrons. The minimum atomic E-state index is 0.934. The Morgan fingerprint density at radius 3 is 2.21 bits per heavy atom. The molecule has 4 heteroatoms. The Balaban J connectivity index is 1.57. The minimum absolute atomic E-state index is 0.934. The molecule has 3 rings (SSSR count). The smallest absolute Gasteiger partial charge is 0.165 e. The summed E-state index contributed by atoms with van der Waals surface area (Å²) in [7, 11) is 0. The number of aryl methyl sites for hydroxylation is 2. The van der Waals surface area contributed by atoms with E-state index in [9.17, 15) is 0 Å². The van der Waals surface area contributed by atoms with Crippen molar-refractivity contribution in [3.63, 3.8) is 0 Å². The van der Waals surface area contributed by atoms with E-state index in [4.69, 9.17) is 10.1 Å². The number of hydrogen-bond donors (Lipinski definition) is 1. The van der Waals surface area contributed by atoms with E-state index in [1.807, 2.05) is 10.6 Å². The van der Waals surface area contributed by atoms with Crippen LogP contribution in [0.4, 0.5) is 5.82 Å². The summed E-state index contributed by atoms with van der Waals surface area (Å²) < 4.78 is 1.97. The zero-order chi connectivity index (χ0) is 20.5. The second kappa shape index (κ2) is 11.0. The SMILES string of the molecule is CCCCCCCCCCCNc1cc(C)nc2c(-c3ccccc3)c(C)nn12. The lowest BCUT2D eigenvalue weighted by molar-refractivity contribution is 0.569. The van der Waals surface area contributed by atoms with Crippen molar-refractivity contribution < 1.29 is 0 Å². The van der Waals surface area contributed by atoms with Gasteiger partial charge in [-0.15, -0.1) is 0 Å². The van der Waals surface area contributed by atoms with Crippen molar-refractivity contribution in [2.24, 2.45) is 0 Å². The maximum atomic E-state index is 4.79. The molecule has 0 aliphatic heterocycles. The molecular weight excluding hydrogens is 356 g/mol. The third-order valence-corrected chi connectivity index (χ3v) is 5.54. The maximum absolute atomic E-state index is 4.79. The van der Waals surface area contributed by atoms with Crippen LogP contribution < -0.4 is 5.32 Å². The second-order valence-corrected chi connectivity index (χ2v) is 8.10. The van der Waals surface area contributed by atoms with E-state index in [1.54, 1.807) is 0 Å². The van der Waals surface area contributed by atoms with Crippen molar-refractivity contribution in [2.75, 3.05) is 11.9 Å². The molecule has 0 aliphatic carbocycles. The van der Waals surface area contributed by atoms with E-state index in [1.165, 1.54) is 63.4 Å². The van der Waals surface area contributed by atoms with Crippen molar-refractivity contribution in [1.82, 2.24) is 14.6 Å². The van der Waals surface area contributed by atoms with Gasteiger partial charge in [0.2, 0.25) is 0 Å². The van der Waals surface area contributed by atoms with E-state index in [-0.39, 0.29) is 0 Å². The van der Waals surface area contributed by atoms with Gasteiger partial charge in [-0.3, -0.25) is 0 Å². The molecule has 4 nitrogen and oxygen atoms in total. The average Bonchev–Trinajstić information content (AvgIpc) is 3.05. The highest BCUT2D eigenvalue weighted by atomic mass is 15.3. The zero-order valence-electron chi connectivity index (χ0n) is 18.4. The van der Waals surface area contributed by atoms with Crippen LogP contribution in [-0.2, 0) is 0 Å². The average molecular weight is 393 g/mol. The zero-order valence-corrected chi connectivity index (χ0v) is 18.4. The Hall–Kier alpha value is -2.36. The molecule has 2 aromatic heterocycles. The maximum Gasteiger partial charge on any atom is 0.165 e. The molecule has 0 fully saturated rings. The first-order valence-corrected chi connectivity index (χ1v) is 11.4. The lowest BCUT2D eigenvalue weighted by Gasteiger charge is -2.10. The molecule has 0 unspecified atom stereocenters. The third kappa shape index (κ3) is 5.81. The summed E-state index contributed by atoms with van der Waals surface area (Å²) in [6, 6.07) is 12.5. The van der Waals surface area contributed by atoms with Crippen LogP contribution in [0.25, 0.3) is 16.8 Å². The lowest BCUT2D eigenvalue weighted by Crippen LogP contribution is -2.08. The largest absolute Gasteiger partial charge is 0.370 e. The quantitative estimate of drug-likeness (QED) is 0.339. The van der Waals surface area contributed by atoms with Crippen molar-refractivity contribution >= 4 is 11.5 Å². The summed E-state index contributed by atoms with van der Waals surface area (Å²) in [5.74, 6) is 1.04. The molecular formula is C25H36N4. The number of nitrogens with zero attached hydrogens (tertiary/aromatic N) is 3. The minimum Gasteiger partial charge on any atom is -0.370 e. The van der Waals surface area contributed by atoms with Crippen LogP contribution in [0.2, 0.25) is 0 Å². The highest BCUT2D eigenvalue weighted by molar-refractivity contribution is 5.80. The fraction of sp³-hybridized carbons (Fsp3) is 0.520. The van der Waals surface area contributed by atoms with Crippen LogP contribution in [0.15, 0.2) is 36.4 Å². The molecule has 29 heavy (non-hydrogen) atoms. The van der Waals surface area contributed by atoms with Crippen molar-refractivity contribution in [3.05, 3.63) is 47.8 Å². The molecule has 0 radical (unpaired) electrons. The fourth-order valence-corrected chi connectivity index (χ4v) is 3.97. The third-order valence-electron chi connectivity index (χ3n) is 5.54. The van der Waals surface area contributed by atoms with Crippen LogP contribution in [0.1, 0.15) is 76.1 Å². The van der Waals surface area contributed by atoms with Crippen LogP contribution in [0, 0.1) is 13.8 Å². The van der Waals surface area contributed by atoms with Gasteiger partial charge in [0.05, 0.1) is 5.69 Å². The number of unbranched alkanes of at least 4 members (excludes halogenated alkanes) is 8. The molecule has 0 saturated heterocycles. The summed E-state index contributed by atoms with van der Waals surface area (Å²) in [6.45, 7) is 7.38. The Kier molecular flexibility index (Phi) is 8.09. The van der Waals surface area contributed by atoms with Gasteiger partial charge < -0.3 is 5.32 Å². The van der Waals surface area contributed by atoms with Gasteiger partial charge in [0, 0.05) is 23.9 Å². The molecule has 1 aromatic carbocycles. The van der Waals surface area contributed by atoms with E-state index >= 15 is 0 Å². The molecule has 0 bridgehead atoms. The van der Waals surface area contributed by atoms with Crippen molar-refractivity contribution in [3.8, 4) is 11.1 Å². The van der Waals surface area contributed by atoms with Crippen LogP contribution in [0.3, 0.4) is 0 Å². The molecule has 2 heterocycles. The molecule has 1 N–H and O–H groups in total. The van der Waals surface area contributed by atoms with Gasteiger partial charge in [-0.25, -0.2) is 4.98 Å². The number of aromatic nitrogens is 3. The van der Waals surface area contributed by atoms with E-state index in [0.29, 0.717) is 0 Å². The monoisotopic (exact) mass is 392 g/mol. The predicted octanol–water partition coefficient (Wildman–Crippen LogP) is 6.96. The van der Waals surface area contributed by atoms with Crippen molar-refractivity contribution in [1.29, 1.82) is 0 Å². The first-order chi connectivity index (χ1) is 14.2. The number of anilines is 1. The Morgan fingerprint density at radius 2 is 1.52 bits per heavy atom. The molecule has 0 amide bonds. The lowest BCUT2D eigenvalue weighted by atomic mass is 10.1. The number of hydrogen-bond acceptors (Lipinski definition) is 3. The van der Waals surface area contributed by atoms with Gasteiger partial charge in [-0.1, -0.05) is 88.6 Å². The van der Waals surface area contributed by atoms with Gasteiger partial charge >= 0.3 is 0 Å². The summed E-state index contributed by atoms with van der Waals surface area (Å²) in [6.07, 6.45) is 12.1. The predicted molar refractivity (Wildman–Crippen MR) is 124 cm³/mol. The Morgan fingerprint density at radius 1 is 0.862 bits per heavy atom. The summed E-state index contributed by atoms with van der Waals surface area (Å²) >= 11 is 0. The van der Waals surface area contributed by atoms with Gasteiger partial charge in [0.15, 0.2) is 5.65 Å². The number of nitrogens with one attached hydrogen (secondary N) is 1. The molecule has 0 saturated carbocycles. The molecule has 0 atom stereocenters. The summed E-state index contributed by atoms with van der Waals surface area (Å²) in [5, 5.41) is 8.39. The van der Waals surface area contributed by atoms with E-state index < -0.39 is 0 Å². The van der Waals surface area contributed by atoms with Gasteiger partial charge in [0.25, 0.3) is 0 Å². The standard InChI is InChI=1S/C25H36N4/c1-4-5-6-7-8-9-10-11-15-18-26-23-19-20(2)27-25-24(21(3)28-29(23)25)22-16-13-12-14-17-22/h12-14,16-17,19,26H,4-11,15,18H2,1-3H3. The first-order valence-electron chi connectivity index (χ1n) is 11.4. The highest BCUT2D eigenvalue weighted by Crippen LogP contribution is 2.29. The van der Waals surface area contributed by atoms with Gasteiger partial charge in [-0.05, 0) is 25.8 Å². The summed E-state index contributed by atoms with van der Waals surface area (Å²) in [5.41, 5.74) is 5.26. The second-order valence-electron chi connectivity index (χ2n) is 8.10. The normalized spacial score (nSPS) is 11.3. The van der Waals surface area contributed by atoms with Crippen molar-refractivity contribution in [2.45, 2.75) is 78.6 Å². The van der Waals surface area contributed by atoms with Gasteiger partial charge in [0.1, 0.15) is 5.82 Å². The number of rotatable bonds is 12. The molecule has 3 aromatic rings. The Labute approximate surface area is 175 Å². The molecule has 0 spiro atoms. The van der Waals surface area contributed by atoms with Gasteiger partial charge in [-0.2, -0.15) is 9.61 Å². The summed E-state index contributed by atoms with van der Waals surface area (Å²) in [4.78, 5) is 4.79.